The lowest BCUT2D eigenvalue weighted by molar-refractivity contribution is -0.123. The molecule has 104 valence electrons. The van der Waals surface area contributed by atoms with Gasteiger partial charge in [0.05, 0.1) is 0 Å². The molecule has 0 bridgehead atoms. The molecular weight excluding hydrogens is 240 g/mol. The number of nitrogens with one attached hydrogen (secondary N) is 2. The van der Waals surface area contributed by atoms with Crippen LogP contribution in [0, 0.1) is 5.92 Å². The lowest BCUT2D eigenvalue weighted by Crippen LogP contribution is -2.43. The summed E-state index contributed by atoms with van der Waals surface area (Å²) in [4.78, 5) is 11.9. The minimum absolute atomic E-state index is 0.236. The predicted octanol–water partition coefficient (Wildman–Crippen LogP) is 1.93. The Morgan fingerprint density at radius 3 is 2.79 bits per heavy atom. The standard InChI is InChI=1S/C14H22N4O/c15-13-8-12(17-18-13)10-6-11(7-10)16-14(19)5-9-3-1-2-4-9/h8-11H,1-7H2,(H,16,19)(H3,15,17,18). The van der Waals surface area contributed by atoms with Gasteiger partial charge in [-0.1, -0.05) is 12.8 Å². The number of anilines is 1. The van der Waals surface area contributed by atoms with E-state index in [1.165, 1.54) is 25.7 Å². The van der Waals surface area contributed by atoms with Gasteiger partial charge in [0, 0.05) is 30.1 Å². The van der Waals surface area contributed by atoms with E-state index in [1.54, 1.807) is 0 Å². The molecule has 2 saturated carbocycles. The van der Waals surface area contributed by atoms with E-state index in [4.69, 9.17) is 5.73 Å². The molecule has 2 fully saturated rings. The maximum atomic E-state index is 11.9. The van der Waals surface area contributed by atoms with Crippen molar-refractivity contribution in [1.82, 2.24) is 15.5 Å². The second-order valence-corrected chi connectivity index (χ2v) is 6.04. The fraction of sp³-hybridized carbons (Fsp3) is 0.714. The number of nitrogens with two attached hydrogens (primary N) is 1. The second-order valence-electron chi connectivity index (χ2n) is 6.04. The van der Waals surface area contributed by atoms with Crippen molar-refractivity contribution in [3.63, 3.8) is 0 Å². The molecule has 0 aromatic carbocycles. The summed E-state index contributed by atoms with van der Waals surface area (Å²) in [7, 11) is 0. The summed E-state index contributed by atoms with van der Waals surface area (Å²) in [5.74, 6) is 1.88. The largest absolute Gasteiger partial charge is 0.382 e. The van der Waals surface area contributed by atoms with E-state index in [1.807, 2.05) is 6.07 Å². The molecule has 1 heterocycles. The highest BCUT2D eigenvalue weighted by Gasteiger charge is 2.33. The van der Waals surface area contributed by atoms with Crippen LogP contribution < -0.4 is 11.1 Å². The molecule has 1 aromatic heterocycles. The van der Waals surface area contributed by atoms with Crippen LogP contribution in [-0.2, 0) is 4.79 Å². The zero-order chi connectivity index (χ0) is 13.2. The highest BCUT2D eigenvalue weighted by molar-refractivity contribution is 5.76. The topological polar surface area (TPSA) is 83.8 Å². The number of carbonyl (C=O) groups excluding carboxylic acids is 1. The first-order chi connectivity index (χ1) is 9.20. The third-order valence-corrected chi connectivity index (χ3v) is 4.51. The number of carbonyl (C=O) groups is 1. The highest BCUT2D eigenvalue weighted by atomic mass is 16.1. The average Bonchev–Trinajstić information content (AvgIpc) is 2.94. The molecule has 5 heteroatoms. The van der Waals surface area contributed by atoms with E-state index in [2.05, 4.69) is 15.5 Å². The maximum absolute atomic E-state index is 11.9. The van der Waals surface area contributed by atoms with Crippen LogP contribution >= 0.6 is 0 Å². The van der Waals surface area contributed by atoms with Gasteiger partial charge in [0.2, 0.25) is 5.91 Å². The average molecular weight is 262 g/mol. The van der Waals surface area contributed by atoms with E-state index >= 15 is 0 Å². The van der Waals surface area contributed by atoms with Gasteiger partial charge < -0.3 is 11.1 Å². The fourth-order valence-corrected chi connectivity index (χ4v) is 3.32. The minimum atomic E-state index is 0.236. The third kappa shape index (κ3) is 2.91. The molecule has 19 heavy (non-hydrogen) atoms. The summed E-state index contributed by atoms with van der Waals surface area (Å²) in [6.45, 7) is 0. The number of H-pyrrole nitrogens is 1. The van der Waals surface area contributed by atoms with Crippen LogP contribution in [0.15, 0.2) is 6.07 Å². The summed E-state index contributed by atoms with van der Waals surface area (Å²) in [6.07, 6.45) is 7.77. The second kappa shape index (κ2) is 5.23. The number of nitrogen functional groups attached to an aromatic ring is 1. The summed E-state index contributed by atoms with van der Waals surface area (Å²) in [5, 5.41) is 10.0. The van der Waals surface area contributed by atoms with E-state index in [9.17, 15) is 4.79 Å². The van der Waals surface area contributed by atoms with Crippen molar-refractivity contribution in [3.05, 3.63) is 11.8 Å². The molecular formula is C14H22N4O. The van der Waals surface area contributed by atoms with Crippen LogP contribution in [0.1, 0.15) is 56.6 Å². The number of amides is 1. The SMILES string of the molecule is Nc1cc(C2CC(NC(=O)CC3CCCC3)C2)[nH]n1. The maximum Gasteiger partial charge on any atom is 0.220 e. The fourth-order valence-electron chi connectivity index (χ4n) is 3.32. The molecule has 0 aliphatic heterocycles. The van der Waals surface area contributed by atoms with Crippen LogP contribution in [0.2, 0.25) is 0 Å². The first-order valence-electron chi connectivity index (χ1n) is 7.31. The van der Waals surface area contributed by atoms with Gasteiger partial charge >= 0.3 is 0 Å². The molecule has 0 atom stereocenters. The van der Waals surface area contributed by atoms with Crippen molar-refractivity contribution in [1.29, 1.82) is 0 Å². The monoisotopic (exact) mass is 262 g/mol. The van der Waals surface area contributed by atoms with E-state index in [0.29, 0.717) is 23.7 Å². The van der Waals surface area contributed by atoms with Gasteiger partial charge in [-0.2, -0.15) is 5.10 Å². The Balaban J connectivity index is 1.40. The van der Waals surface area contributed by atoms with Gasteiger partial charge in [0.25, 0.3) is 0 Å². The molecule has 1 aromatic rings. The Morgan fingerprint density at radius 1 is 1.42 bits per heavy atom. The molecule has 0 spiro atoms. The van der Waals surface area contributed by atoms with Crippen molar-refractivity contribution in [2.24, 2.45) is 5.92 Å². The Morgan fingerprint density at radius 2 is 2.16 bits per heavy atom. The Bertz CT molecular complexity index is 444. The molecule has 0 saturated heterocycles. The van der Waals surface area contributed by atoms with E-state index in [-0.39, 0.29) is 5.91 Å². The zero-order valence-electron chi connectivity index (χ0n) is 11.2. The molecule has 2 aliphatic carbocycles. The number of hydrogen-bond acceptors (Lipinski definition) is 3. The predicted molar refractivity (Wildman–Crippen MR) is 73.5 cm³/mol. The normalized spacial score (nSPS) is 27.2. The zero-order valence-corrected chi connectivity index (χ0v) is 11.2. The summed E-state index contributed by atoms with van der Waals surface area (Å²) in [5.41, 5.74) is 6.69. The molecule has 3 rings (SSSR count). The van der Waals surface area contributed by atoms with Crippen LogP contribution in [-0.4, -0.2) is 22.1 Å². The van der Waals surface area contributed by atoms with Gasteiger partial charge in [0.1, 0.15) is 5.82 Å². The minimum Gasteiger partial charge on any atom is -0.382 e. The molecule has 0 radical (unpaired) electrons. The van der Waals surface area contributed by atoms with Crippen molar-refractivity contribution in [3.8, 4) is 0 Å². The lowest BCUT2D eigenvalue weighted by atomic mass is 9.78. The lowest BCUT2D eigenvalue weighted by Gasteiger charge is -2.35. The highest BCUT2D eigenvalue weighted by Crippen LogP contribution is 2.36. The van der Waals surface area contributed by atoms with Crippen LogP contribution in [0.4, 0.5) is 5.82 Å². The van der Waals surface area contributed by atoms with Gasteiger partial charge in [-0.3, -0.25) is 9.89 Å². The number of rotatable bonds is 4. The van der Waals surface area contributed by atoms with Crippen LogP contribution in [0.25, 0.3) is 0 Å². The van der Waals surface area contributed by atoms with E-state index < -0.39 is 0 Å². The first-order valence-corrected chi connectivity index (χ1v) is 7.31. The number of aromatic amines is 1. The summed E-state index contributed by atoms with van der Waals surface area (Å²) >= 11 is 0. The van der Waals surface area contributed by atoms with Crippen molar-refractivity contribution >= 4 is 11.7 Å². The quantitative estimate of drug-likeness (QED) is 0.775. The molecule has 0 unspecified atom stereocenters. The third-order valence-electron chi connectivity index (χ3n) is 4.51. The summed E-state index contributed by atoms with van der Waals surface area (Å²) in [6, 6.07) is 2.23. The van der Waals surface area contributed by atoms with Crippen molar-refractivity contribution in [2.45, 2.75) is 56.9 Å². The molecule has 2 aliphatic rings. The summed E-state index contributed by atoms with van der Waals surface area (Å²) < 4.78 is 0. The molecule has 5 nitrogen and oxygen atoms in total. The van der Waals surface area contributed by atoms with Gasteiger partial charge in [0.15, 0.2) is 0 Å². The van der Waals surface area contributed by atoms with Crippen LogP contribution in [0.3, 0.4) is 0 Å². The number of aromatic nitrogens is 2. The van der Waals surface area contributed by atoms with E-state index in [0.717, 1.165) is 25.0 Å². The molecule has 4 N–H and O–H groups in total. The smallest absolute Gasteiger partial charge is 0.220 e. The van der Waals surface area contributed by atoms with Crippen LogP contribution in [0.5, 0.6) is 0 Å². The first kappa shape index (κ1) is 12.5. The van der Waals surface area contributed by atoms with Gasteiger partial charge in [-0.15, -0.1) is 0 Å². The Hall–Kier alpha value is -1.52. The van der Waals surface area contributed by atoms with Gasteiger partial charge in [-0.05, 0) is 31.6 Å². The Labute approximate surface area is 113 Å². The number of nitrogens with zero attached hydrogens (tertiary/aromatic N) is 1. The number of hydrogen-bond donors (Lipinski definition) is 3. The Kier molecular flexibility index (Phi) is 3.44. The molecule has 1 amide bonds. The van der Waals surface area contributed by atoms with Crippen molar-refractivity contribution < 1.29 is 4.79 Å². The van der Waals surface area contributed by atoms with Gasteiger partial charge in [-0.25, -0.2) is 0 Å². The van der Waals surface area contributed by atoms with Crippen molar-refractivity contribution in [2.75, 3.05) is 5.73 Å².